The first-order valence-electron chi connectivity index (χ1n) is 8.10. The number of nitriles is 1. The highest BCUT2D eigenvalue weighted by Gasteiger charge is 2.26. The van der Waals surface area contributed by atoms with Crippen molar-refractivity contribution in [1.29, 1.82) is 5.26 Å². The van der Waals surface area contributed by atoms with E-state index in [1.54, 1.807) is 11.9 Å². The number of piperidine rings is 1. The Morgan fingerprint density at radius 3 is 2.73 bits per heavy atom. The fourth-order valence-corrected chi connectivity index (χ4v) is 2.96. The van der Waals surface area contributed by atoms with Crippen LogP contribution in [0.25, 0.3) is 0 Å². The number of hydrogen-bond acceptors (Lipinski definition) is 6. The quantitative estimate of drug-likeness (QED) is 0.366. The Balaban J connectivity index is 2.10. The van der Waals surface area contributed by atoms with E-state index in [-0.39, 0.29) is 28.2 Å². The maximum Gasteiger partial charge on any atom is 0.289 e. The summed E-state index contributed by atoms with van der Waals surface area (Å²) in [7, 11) is 3.73. The molecule has 26 heavy (non-hydrogen) atoms. The minimum atomic E-state index is -0.596. The third kappa shape index (κ3) is 4.71. The molecule has 0 saturated carbocycles. The highest BCUT2D eigenvalue weighted by molar-refractivity contribution is 6.32. The van der Waals surface area contributed by atoms with Gasteiger partial charge in [0.25, 0.3) is 11.6 Å². The summed E-state index contributed by atoms with van der Waals surface area (Å²) in [5, 5.41) is 23.0. The van der Waals surface area contributed by atoms with Crippen LogP contribution in [0.3, 0.4) is 0 Å². The number of nitrogens with one attached hydrogen (secondary N) is 1. The van der Waals surface area contributed by atoms with Gasteiger partial charge in [0.1, 0.15) is 16.7 Å². The van der Waals surface area contributed by atoms with Crippen LogP contribution in [0.15, 0.2) is 30.0 Å². The molecule has 0 atom stereocenters. The molecule has 1 N–H and O–H groups in total. The van der Waals surface area contributed by atoms with Crippen molar-refractivity contribution in [2.75, 3.05) is 32.5 Å². The third-order valence-electron chi connectivity index (χ3n) is 4.43. The van der Waals surface area contributed by atoms with Crippen LogP contribution in [0.4, 0.5) is 11.4 Å². The molecular formula is C17H20ClN5O3. The van der Waals surface area contributed by atoms with Crippen LogP contribution >= 0.6 is 11.6 Å². The Bertz CT molecular complexity index is 766. The molecule has 1 aromatic rings. The number of benzene rings is 1. The number of nitro groups is 1. The normalized spacial score (nSPS) is 16.0. The number of likely N-dealkylation sites (tertiary alicyclic amines) is 1. The van der Waals surface area contributed by atoms with E-state index in [0.717, 1.165) is 25.9 Å². The highest BCUT2D eigenvalue weighted by atomic mass is 35.5. The molecule has 0 radical (unpaired) electrons. The van der Waals surface area contributed by atoms with E-state index in [9.17, 15) is 20.2 Å². The van der Waals surface area contributed by atoms with Gasteiger partial charge >= 0.3 is 0 Å². The van der Waals surface area contributed by atoms with Crippen LogP contribution in [0.1, 0.15) is 12.8 Å². The zero-order valence-corrected chi connectivity index (χ0v) is 15.4. The minimum Gasteiger partial charge on any atom is -0.360 e. The molecule has 0 unspecified atom stereocenters. The van der Waals surface area contributed by atoms with Gasteiger partial charge in [-0.2, -0.15) is 5.26 Å². The zero-order valence-electron chi connectivity index (χ0n) is 14.6. The molecule has 1 amide bonds. The predicted octanol–water partition coefficient (Wildman–Crippen LogP) is 2.62. The standard InChI is InChI=1S/C17H20ClN5O3/c1-21-7-5-14(6-8-21)22(2)17(24)12(10-19)11-20-13-3-4-15(18)16(9-13)23(25)26/h3-4,9,11,14,20H,5-8H2,1-2H3/b12-11-. The van der Waals surface area contributed by atoms with Crippen molar-refractivity contribution >= 4 is 28.9 Å². The molecule has 1 saturated heterocycles. The van der Waals surface area contributed by atoms with E-state index in [2.05, 4.69) is 10.2 Å². The van der Waals surface area contributed by atoms with E-state index in [1.807, 2.05) is 13.1 Å². The van der Waals surface area contributed by atoms with Crippen molar-refractivity contribution in [2.24, 2.45) is 0 Å². The van der Waals surface area contributed by atoms with E-state index >= 15 is 0 Å². The van der Waals surface area contributed by atoms with E-state index in [0.29, 0.717) is 5.69 Å². The number of rotatable bonds is 5. The number of carbonyl (C=O) groups excluding carboxylic acids is 1. The van der Waals surface area contributed by atoms with Gasteiger partial charge in [0.05, 0.1) is 4.92 Å². The summed E-state index contributed by atoms with van der Waals surface area (Å²) < 4.78 is 0. The Labute approximate surface area is 156 Å². The summed E-state index contributed by atoms with van der Waals surface area (Å²) in [6, 6.07) is 6.14. The lowest BCUT2D eigenvalue weighted by Gasteiger charge is -2.34. The second-order valence-corrected chi connectivity index (χ2v) is 6.60. The second kappa shape index (κ2) is 8.65. The van der Waals surface area contributed by atoms with Crippen molar-refractivity contribution in [3.05, 3.63) is 45.1 Å². The lowest BCUT2D eigenvalue weighted by Crippen LogP contribution is -2.44. The van der Waals surface area contributed by atoms with Crippen LogP contribution in [-0.4, -0.2) is 53.9 Å². The molecule has 1 fully saturated rings. The summed E-state index contributed by atoms with van der Waals surface area (Å²) in [5.41, 5.74) is 0.0472. The van der Waals surface area contributed by atoms with Gasteiger partial charge in [-0.3, -0.25) is 14.9 Å². The molecule has 138 valence electrons. The molecular weight excluding hydrogens is 358 g/mol. The molecule has 9 heteroatoms. The van der Waals surface area contributed by atoms with Gasteiger partial charge in [0, 0.05) is 31.0 Å². The molecule has 1 aliphatic rings. The Morgan fingerprint density at radius 1 is 1.50 bits per heavy atom. The van der Waals surface area contributed by atoms with Crippen molar-refractivity contribution in [1.82, 2.24) is 9.80 Å². The molecule has 0 spiro atoms. The van der Waals surface area contributed by atoms with Crippen LogP contribution < -0.4 is 5.32 Å². The number of carbonyl (C=O) groups is 1. The molecule has 0 aromatic heterocycles. The first-order chi connectivity index (χ1) is 12.3. The Kier molecular flexibility index (Phi) is 6.55. The maximum atomic E-state index is 12.6. The Morgan fingerprint density at radius 2 is 2.15 bits per heavy atom. The largest absolute Gasteiger partial charge is 0.360 e. The van der Waals surface area contributed by atoms with Crippen LogP contribution in [0.2, 0.25) is 5.02 Å². The summed E-state index contributed by atoms with van der Waals surface area (Å²) >= 11 is 5.77. The molecule has 2 rings (SSSR count). The van der Waals surface area contributed by atoms with E-state index < -0.39 is 4.92 Å². The monoisotopic (exact) mass is 377 g/mol. The summed E-state index contributed by atoms with van der Waals surface area (Å²) in [6.07, 6.45) is 2.98. The summed E-state index contributed by atoms with van der Waals surface area (Å²) in [5.74, 6) is -0.377. The fourth-order valence-electron chi connectivity index (χ4n) is 2.78. The van der Waals surface area contributed by atoms with Crippen LogP contribution in [0.5, 0.6) is 0 Å². The number of likely N-dealkylation sites (N-methyl/N-ethyl adjacent to an activating group) is 1. The molecule has 1 aliphatic heterocycles. The smallest absolute Gasteiger partial charge is 0.289 e. The zero-order chi connectivity index (χ0) is 19.3. The van der Waals surface area contributed by atoms with Crippen molar-refractivity contribution in [2.45, 2.75) is 18.9 Å². The van der Waals surface area contributed by atoms with Gasteiger partial charge in [-0.15, -0.1) is 0 Å². The van der Waals surface area contributed by atoms with Gasteiger partial charge in [0.15, 0.2) is 0 Å². The first-order valence-corrected chi connectivity index (χ1v) is 8.47. The second-order valence-electron chi connectivity index (χ2n) is 6.19. The number of hydrogen-bond donors (Lipinski definition) is 1. The lowest BCUT2D eigenvalue weighted by molar-refractivity contribution is -0.384. The average molecular weight is 378 g/mol. The van der Waals surface area contributed by atoms with Crippen molar-refractivity contribution < 1.29 is 9.72 Å². The van der Waals surface area contributed by atoms with Crippen molar-refractivity contribution in [3.8, 4) is 6.07 Å². The molecule has 1 aromatic carbocycles. The Hall–Kier alpha value is -2.63. The molecule has 1 heterocycles. The lowest BCUT2D eigenvalue weighted by atomic mass is 10.0. The van der Waals surface area contributed by atoms with E-state index in [1.165, 1.54) is 24.4 Å². The number of nitrogens with zero attached hydrogens (tertiary/aromatic N) is 4. The summed E-state index contributed by atoms with van der Waals surface area (Å²) in [4.78, 5) is 26.7. The maximum absolute atomic E-state index is 12.6. The van der Waals surface area contributed by atoms with Crippen LogP contribution in [-0.2, 0) is 4.79 Å². The number of halogens is 1. The van der Waals surface area contributed by atoms with E-state index in [4.69, 9.17) is 11.6 Å². The van der Waals surface area contributed by atoms with Crippen molar-refractivity contribution in [3.63, 3.8) is 0 Å². The van der Waals surface area contributed by atoms with Gasteiger partial charge in [-0.05, 0) is 45.1 Å². The number of amides is 1. The highest BCUT2D eigenvalue weighted by Crippen LogP contribution is 2.27. The predicted molar refractivity (Wildman–Crippen MR) is 98.7 cm³/mol. The van der Waals surface area contributed by atoms with Crippen LogP contribution in [0, 0.1) is 21.4 Å². The van der Waals surface area contributed by atoms with Gasteiger partial charge in [-0.1, -0.05) is 11.6 Å². The molecule has 0 aliphatic carbocycles. The van der Waals surface area contributed by atoms with Gasteiger partial charge in [-0.25, -0.2) is 0 Å². The van der Waals surface area contributed by atoms with Gasteiger partial charge in [0.2, 0.25) is 0 Å². The number of anilines is 1. The minimum absolute atomic E-state index is 0.0168. The molecule has 8 nitrogen and oxygen atoms in total. The van der Waals surface area contributed by atoms with Gasteiger partial charge < -0.3 is 15.1 Å². The first kappa shape index (κ1) is 19.7. The fraction of sp³-hybridized carbons (Fsp3) is 0.412. The third-order valence-corrected chi connectivity index (χ3v) is 4.75. The summed E-state index contributed by atoms with van der Waals surface area (Å²) in [6.45, 7) is 1.81. The average Bonchev–Trinajstić information content (AvgIpc) is 2.63. The number of nitro benzene ring substituents is 1. The topological polar surface area (TPSA) is 103 Å². The SMILES string of the molecule is CN1CCC(N(C)C(=O)/C(C#N)=C\Nc2ccc(Cl)c([N+](=O)[O-])c2)CC1. The molecule has 0 bridgehead atoms.